The van der Waals surface area contributed by atoms with E-state index < -0.39 is 12.0 Å². The minimum atomic E-state index is -0.627. The van der Waals surface area contributed by atoms with E-state index in [-0.39, 0.29) is 18.8 Å². The minimum absolute atomic E-state index is 0.00796. The second-order valence-corrected chi connectivity index (χ2v) is 4.82. The van der Waals surface area contributed by atoms with Crippen molar-refractivity contribution < 1.29 is 19.4 Å². The summed E-state index contributed by atoms with van der Waals surface area (Å²) in [5.74, 6) is -0.541. The highest BCUT2D eigenvalue weighted by Crippen LogP contribution is 2.09. The van der Waals surface area contributed by atoms with Crippen molar-refractivity contribution in [1.29, 1.82) is 0 Å². The van der Waals surface area contributed by atoms with Gasteiger partial charge in [0.05, 0.1) is 19.1 Å². The molecule has 0 saturated carbocycles. The lowest BCUT2D eigenvalue weighted by atomic mass is 10.0. The lowest BCUT2D eigenvalue weighted by Gasteiger charge is -2.17. The van der Waals surface area contributed by atoms with Gasteiger partial charge in [0.25, 0.3) is 0 Å². The predicted octanol–water partition coefficient (Wildman–Crippen LogP) is 1.47. The first-order valence-corrected chi connectivity index (χ1v) is 7.19. The van der Waals surface area contributed by atoms with Crippen molar-refractivity contribution in [2.45, 2.75) is 32.7 Å². The van der Waals surface area contributed by atoms with Crippen LogP contribution in [0.25, 0.3) is 0 Å². The lowest BCUT2D eigenvalue weighted by molar-refractivity contribution is -0.143. The van der Waals surface area contributed by atoms with E-state index in [2.05, 4.69) is 5.32 Å². The highest BCUT2D eigenvalue weighted by Gasteiger charge is 2.23. The SMILES string of the molecule is CCOC(=O)CC(NCCCO)C(=O)c1ccc(C)cc1. The number of aliphatic hydroxyl groups excluding tert-OH is 1. The van der Waals surface area contributed by atoms with Crippen molar-refractivity contribution in [2.24, 2.45) is 0 Å². The molecule has 0 bridgehead atoms. The van der Waals surface area contributed by atoms with Crippen LogP contribution in [0, 0.1) is 6.92 Å². The molecule has 21 heavy (non-hydrogen) atoms. The summed E-state index contributed by atoms with van der Waals surface area (Å²) in [6, 6.07) is 6.61. The number of ether oxygens (including phenoxy) is 1. The molecule has 116 valence electrons. The molecule has 0 amide bonds. The molecule has 1 aromatic rings. The number of aryl methyl sites for hydroxylation is 1. The summed E-state index contributed by atoms with van der Waals surface area (Å²) in [5.41, 5.74) is 1.63. The van der Waals surface area contributed by atoms with Gasteiger partial charge in [-0.1, -0.05) is 29.8 Å². The van der Waals surface area contributed by atoms with Crippen molar-refractivity contribution in [3.63, 3.8) is 0 Å². The molecule has 0 aromatic heterocycles. The largest absolute Gasteiger partial charge is 0.466 e. The monoisotopic (exact) mass is 293 g/mol. The Balaban J connectivity index is 2.75. The van der Waals surface area contributed by atoms with Gasteiger partial charge in [-0.2, -0.15) is 0 Å². The molecule has 5 heteroatoms. The molecule has 0 saturated heterocycles. The number of hydrogen-bond acceptors (Lipinski definition) is 5. The second-order valence-electron chi connectivity index (χ2n) is 4.82. The van der Waals surface area contributed by atoms with Gasteiger partial charge >= 0.3 is 5.97 Å². The van der Waals surface area contributed by atoms with E-state index in [4.69, 9.17) is 9.84 Å². The molecule has 0 aliphatic carbocycles. The first-order chi connectivity index (χ1) is 10.1. The van der Waals surface area contributed by atoms with Crippen LogP contribution in [0.2, 0.25) is 0 Å². The molecule has 0 spiro atoms. The molecule has 0 fully saturated rings. The van der Waals surface area contributed by atoms with Gasteiger partial charge in [-0.15, -0.1) is 0 Å². The van der Waals surface area contributed by atoms with Gasteiger partial charge in [0.2, 0.25) is 0 Å². The summed E-state index contributed by atoms with van der Waals surface area (Å²) >= 11 is 0. The molecule has 1 atom stereocenters. The van der Waals surface area contributed by atoms with Gasteiger partial charge < -0.3 is 15.2 Å². The highest BCUT2D eigenvalue weighted by molar-refractivity contribution is 6.01. The summed E-state index contributed by atoms with van der Waals surface area (Å²) in [4.78, 5) is 24.1. The zero-order valence-corrected chi connectivity index (χ0v) is 12.6. The maximum absolute atomic E-state index is 12.5. The average molecular weight is 293 g/mol. The zero-order chi connectivity index (χ0) is 15.7. The van der Waals surface area contributed by atoms with Crippen molar-refractivity contribution in [2.75, 3.05) is 19.8 Å². The second kappa shape index (κ2) is 9.26. The molecule has 1 aromatic carbocycles. The number of rotatable bonds is 9. The molecule has 2 N–H and O–H groups in total. The third-order valence-electron chi connectivity index (χ3n) is 3.05. The van der Waals surface area contributed by atoms with Crippen molar-refractivity contribution in [1.82, 2.24) is 5.32 Å². The Morgan fingerprint density at radius 3 is 2.52 bits per heavy atom. The van der Waals surface area contributed by atoms with Crippen molar-refractivity contribution >= 4 is 11.8 Å². The number of nitrogens with one attached hydrogen (secondary N) is 1. The fourth-order valence-electron chi connectivity index (χ4n) is 1.92. The highest BCUT2D eigenvalue weighted by atomic mass is 16.5. The van der Waals surface area contributed by atoms with Gasteiger partial charge in [0.1, 0.15) is 0 Å². The van der Waals surface area contributed by atoms with Gasteiger partial charge in [-0.05, 0) is 26.8 Å². The molecule has 1 rings (SSSR count). The first kappa shape index (κ1) is 17.3. The minimum Gasteiger partial charge on any atom is -0.466 e. The van der Waals surface area contributed by atoms with Gasteiger partial charge in [-0.3, -0.25) is 9.59 Å². The fraction of sp³-hybridized carbons (Fsp3) is 0.500. The third kappa shape index (κ3) is 6.06. The fourth-order valence-corrected chi connectivity index (χ4v) is 1.92. The van der Waals surface area contributed by atoms with Gasteiger partial charge in [-0.25, -0.2) is 0 Å². The maximum atomic E-state index is 12.5. The Labute approximate surface area is 125 Å². The van der Waals surface area contributed by atoms with Crippen LogP contribution in [0.4, 0.5) is 0 Å². The van der Waals surface area contributed by atoms with Crippen LogP contribution in [0.15, 0.2) is 24.3 Å². The van der Waals surface area contributed by atoms with Crippen LogP contribution in [0.3, 0.4) is 0 Å². The molecule has 0 heterocycles. The number of benzene rings is 1. The Morgan fingerprint density at radius 1 is 1.29 bits per heavy atom. The standard InChI is InChI=1S/C16H23NO4/c1-3-21-15(19)11-14(17-9-4-10-18)16(20)13-7-5-12(2)6-8-13/h5-8,14,17-18H,3-4,9-11H2,1-2H3. The van der Waals surface area contributed by atoms with Crippen LogP contribution in [0.1, 0.15) is 35.7 Å². The molecule has 1 unspecified atom stereocenters. The van der Waals surface area contributed by atoms with E-state index >= 15 is 0 Å². The number of carbonyl (C=O) groups excluding carboxylic acids is 2. The summed E-state index contributed by atoms with van der Waals surface area (Å²) in [6.45, 7) is 4.48. The van der Waals surface area contributed by atoms with E-state index in [0.717, 1.165) is 5.56 Å². The molecular formula is C16H23NO4. The summed E-state index contributed by atoms with van der Waals surface area (Å²) in [5, 5.41) is 11.8. The Hall–Kier alpha value is -1.72. The summed E-state index contributed by atoms with van der Waals surface area (Å²) in [7, 11) is 0. The number of hydrogen-bond donors (Lipinski definition) is 2. The predicted molar refractivity (Wildman–Crippen MR) is 80.3 cm³/mol. The normalized spacial score (nSPS) is 12.0. The molecular weight excluding hydrogens is 270 g/mol. The van der Waals surface area contributed by atoms with E-state index in [1.165, 1.54) is 0 Å². The number of aliphatic hydroxyl groups is 1. The van der Waals surface area contributed by atoms with Crippen LogP contribution in [-0.4, -0.2) is 42.7 Å². The zero-order valence-electron chi connectivity index (χ0n) is 12.6. The van der Waals surface area contributed by atoms with E-state index in [9.17, 15) is 9.59 Å². The molecule has 0 aliphatic heterocycles. The maximum Gasteiger partial charge on any atom is 0.307 e. The lowest BCUT2D eigenvalue weighted by Crippen LogP contribution is -2.39. The Bertz CT molecular complexity index is 456. The van der Waals surface area contributed by atoms with Crippen LogP contribution < -0.4 is 5.32 Å². The van der Waals surface area contributed by atoms with Crippen LogP contribution in [-0.2, 0) is 9.53 Å². The number of carbonyl (C=O) groups is 2. The summed E-state index contributed by atoms with van der Waals surface area (Å²) in [6.07, 6.45) is 0.520. The number of Topliss-reactive ketones (excluding diaryl/α,β-unsaturated/α-hetero) is 1. The van der Waals surface area contributed by atoms with Gasteiger partial charge in [0.15, 0.2) is 5.78 Å². The first-order valence-electron chi connectivity index (χ1n) is 7.19. The Morgan fingerprint density at radius 2 is 1.95 bits per heavy atom. The van der Waals surface area contributed by atoms with Gasteiger partial charge in [0, 0.05) is 12.2 Å². The topological polar surface area (TPSA) is 75.6 Å². The van der Waals surface area contributed by atoms with Crippen LogP contribution in [0.5, 0.6) is 0 Å². The molecule has 5 nitrogen and oxygen atoms in total. The van der Waals surface area contributed by atoms with Crippen molar-refractivity contribution in [3.05, 3.63) is 35.4 Å². The number of ketones is 1. The molecule has 0 aliphatic rings. The molecule has 0 radical (unpaired) electrons. The van der Waals surface area contributed by atoms with E-state index in [0.29, 0.717) is 25.1 Å². The average Bonchev–Trinajstić information content (AvgIpc) is 2.47. The Kier molecular flexibility index (Phi) is 7.64. The third-order valence-corrected chi connectivity index (χ3v) is 3.05. The quantitative estimate of drug-likeness (QED) is 0.410. The summed E-state index contributed by atoms with van der Waals surface area (Å²) < 4.78 is 4.90. The smallest absolute Gasteiger partial charge is 0.307 e. The van der Waals surface area contributed by atoms with E-state index in [1.807, 2.05) is 19.1 Å². The van der Waals surface area contributed by atoms with Crippen molar-refractivity contribution in [3.8, 4) is 0 Å². The van der Waals surface area contributed by atoms with Crippen LogP contribution >= 0.6 is 0 Å². The van der Waals surface area contributed by atoms with E-state index in [1.54, 1.807) is 19.1 Å². The number of esters is 1.